The molecule has 0 nitrogen and oxygen atoms in total. The molecule has 88 valence electrons. The van der Waals surface area contributed by atoms with Crippen LogP contribution in [0, 0.1) is 17.7 Å². The molecule has 1 aromatic rings. The summed E-state index contributed by atoms with van der Waals surface area (Å²) in [7, 11) is 0. The van der Waals surface area contributed by atoms with Gasteiger partial charge in [-0.1, -0.05) is 38.0 Å². The van der Waals surface area contributed by atoms with Crippen LogP contribution in [0.25, 0.3) is 0 Å². The smallest absolute Gasteiger partial charge is 0.126 e. The molecular weight excluding hydrogens is 223 g/mol. The minimum absolute atomic E-state index is 0.0781. The molecule has 3 atom stereocenters. The lowest BCUT2D eigenvalue weighted by Gasteiger charge is -2.21. The van der Waals surface area contributed by atoms with Crippen LogP contribution in [0.3, 0.4) is 0 Å². The number of alkyl halides is 1. The van der Waals surface area contributed by atoms with Crippen LogP contribution in [-0.4, -0.2) is 5.38 Å². The topological polar surface area (TPSA) is 0 Å². The zero-order valence-corrected chi connectivity index (χ0v) is 10.4. The van der Waals surface area contributed by atoms with Crippen LogP contribution in [0.1, 0.15) is 31.7 Å². The molecule has 1 fully saturated rings. The normalized spacial score (nSPS) is 26.9. The largest absolute Gasteiger partial charge is 0.207 e. The molecular formula is C14H18ClF. The van der Waals surface area contributed by atoms with Gasteiger partial charge in [0.05, 0.1) is 0 Å². The number of hydrogen-bond donors (Lipinski definition) is 0. The summed E-state index contributed by atoms with van der Waals surface area (Å²) in [5.41, 5.74) is 0.751. The Morgan fingerprint density at radius 3 is 2.75 bits per heavy atom. The molecule has 1 aromatic carbocycles. The predicted octanol–water partition coefficient (Wildman–Crippen LogP) is 4.41. The summed E-state index contributed by atoms with van der Waals surface area (Å²) < 4.78 is 13.5. The highest BCUT2D eigenvalue weighted by Crippen LogP contribution is 2.37. The molecule has 2 rings (SSSR count). The molecule has 1 aliphatic rings. The van der Waals surface area contributed by atoms with Crippen LogP contribution in [0.15, 0.2) is 24.3 Å². The Morgan fingerprint density at radius 2 is 2.12 bits per heavy atom. The van der Waals surface area contributed by atoms with Crippen LogP contribution in [0.4, 0.5) is 4.39 Å². The van der Waals surface area contributed by atoms with E-state index in [1.807, 2.05) is 12.1 Å². The van der Waals surface area contributed by atoms with Gasteiger partial charge in [0.2, 0.25) is 0 Å². The molecule has 3 unspecified atom stereocenters. The first kappa shape index (κ1) is 11.9. The molecule has 0 amide bonds. The van der Waals surface area contributed by atoms with Crippen molar-refractivity contribution in [1.82, 2.24) is 0 Å². The van der Waals surface area contributed by atoms with Crippen LogP contribution >= 0.6 is 11.6 Å². The van der Waals surface area contributed by atoms with E-state index in [0.717, 1.165) is 5.56 Å². The third kappa shape index (κ3) is 2.57. The highest BCUT2D eigenvalue weighted by atomic mass is 35.5. The van der Waals surface area contributed by atoms with Gasteiger partial charge in [-0.3, -0.25) is 0 Å². The van der Waals surface area contributed by atoms with Gasteiger partial charge in [-0.2, -0.15) is 0 Å². The molecule has 0 saturated heterocycles. The van der Waals surface area contributed by atoms with Crippen molar-refractivity contribution in [2.45, 2.75) is 38.0 Å². The average Bonchev–Trinajstić information content (AvgIpc) is 2.68. The van der Waals surface area contributed by atoms with E-state index in [-0.39, 0.29) is 11.2 Å². The molecule has 0 aliphatic heterocycles. The fraction of sp³-hybridized carbons (Fsp3) is 0.571. The Labute approximate surface area is 102 Å². The number of rotatable bonds is 3. The van der Waals surface area contributed by atoms with Gasteiger partial charge in [0.25, 0.3) is 0 Å². The van der Waals surface area contributed by atoms with Crippen molar-refractivity contribution in [3.63, 3.8) is 0 Å². The molecule has 16 heavy (non-hydrogen) atoms. The van der Waals surface area contributed by atoms with E-state index in [9.17, 15) is 4.39 Å². The Hall–Kier alpha value is -0.560. The summed E-state index contributed by atoms with van der Waals surface area (Å²) in [6.45, 7) is 2.26. The van der Waals surface area contributed by atoms with Gasteiger partial charge in [0.15, 0.2) is 0 Å². The molecule has 0 heterocycles. The van der Waals surface area contributed by atoms with Crippen molar-refractivity contribution in [2.75, 3.05) is 0 Å². The standard InChI is InChI=1S/C14H18ClF/c1-10-5-4-7-12(10)13(15)9-11-6-2-3-8-14(11)16/h2-3,6,8,10,12-13H,4-5,7,9H2,1H3. The van der Waals surface area contributed by atoms with E-state index in [4.69, 9.17) is 11.6 Å². The van der Waals surface area contributed by atoms with Crippen molar-refractivity contribution < 1.29 is 4.39 Å². The first-order chi connectivity index (χ1) is 7.68. The van der Waals surface area contributed by atoms with Gasteiger partial charge in [0, 0.05) is 5.38 Å². The summed E-state index contributed by atoms with van der Waals surface area (Å²) in [5.74, 6) is 1.12. The van der Waals surface area contributed by atoms with Crippen LogP contribution in [0.2, 0.25) is 0 Å². The molecule has 0 radical (unpaired) electrons. The summed E-state index contributed by atoms with van der Waals surface area (Å²) in [6, 6.07) is 6.95. The molecule has 0 aromatic heterocycles. The third-order valence-electron chi connectivity index (χ3n) is 3.77. The zero-order chi connectivity index (χ0) is 11.5. The maximum Gasteiger partial charge on any atom is 0.126 e. The van der Waals surface area contributed by atoms with E-state index in [1.54, 1.807) is 6.07 Å². The van der Waals surface area contributed by atoms with Gasteiger partial charge >= 0.3 is 0 Å². The Bertz CT molecular complexity index is 350. The average molecular weight is 241 g/mol. The van der Waals surface area contributed by atoms with Crippen molar-refractivity contribution in [2.24, 2.45) is 11.8 Å². The minimum Gasteiger partial charge on any atom is -0.207 e. The van der Waals surface area contributed by atoms with Crippen molar-refractivity contribution in [3.05, 3.63) is 35.6 Å². The van der Waals surface area contributed by atoms with Gasteiger partial charge < -0.3 is 0 Å². The number of halogens is 2. The number of benzene rings is 1. The van der Waals surface area contributed by atoms with Crippen molar-refractivity contribution >= 4 is 11.6 Å². The number of hydrogen-bond acceptors (Lipinski definition) is 0. The summed E-state index contributed by atoms with van der Waals surface area (Å²) in [4.78, 5) is 0. The van der Waals surface area contributed by atoms with Crippen LogP contribution in [-0.2, 0) is 6.42 Å². The summed E-state index contributed by atoms with van der Waals surface area (Å²) in [5, 5.41) is 0.0781. The highest BCUT2D eigenvalue weighted by molar-refractivity contribution is 6.21. The van der Waals surface area contributed by atoms with Gasteiger partial charge in [-0.05, 0) is 36.3 Å². The van der Waals surface area contributed by atoms with Gasteiger partial charge in [0.1, 0.15) is 5.82 Å². The lowest BCUT2D eigenvalue weighted by molar-refractivity contribution is 0.396. The first-order valence-corrected chi connectivity index (χ1v) is 6.49. The molecule has 0 bridgehead atoms. The van der Waals surface area contributed by atoms with Gasteiger partial charge in [-0.15, -0.1) is 11.6 Å². The van der Waals surface area contributed by atoms with Crippen LogP contribution in [0.5, 0.6) is 0 Å². The van der Waals surface area contributed by atoms with Crippen molar-refractivity contribution in [1.29, 1.82) is 0 Å². The second-order valence-electron chi connectivity index (χ2n) is 4.88. The van der Waals surface area contributed by atoms with E-state index >= 15 is 0 Å². The predicted molar refractivity (Wildman–Crippen MR) is 66.3 cm³/mol. The second-order valence-corrected chi connectivity index (χ2v) is 5.44. The molecule has 1 saturated carbocycles. The van der Waals surface area contributed by atoms with E-state index in [2.05, 4.69) is 6.92 Å². The van der Waals surface area contributed by atoms with E-state index in [1.165, 1.54) is 25.3 Å². The fourth-order valence-corrected chi connectivity index (χ4v) is 3.28. The maximum atomic E-state index is 13.5. The summed E-state index contributed by atoms with van der Waals surface area (Å²) >= 11 is 6.42. The lowest BCUT2D eigenvalue weighted by atomic mass is 9.91. The highest BCUT2D eigenvalue weighted by Gasteiger charge is 2.29. The van der Waals surface area contributed by atoms with E-state index in [0.29, 0.717) is 18.3 Å². The minimum atomic E-state index is -0.126. The Balaban J connectivity index is 2.02. The molecule has 1 aliphatic carbocycles. The first-order valence-electron chi connectivity index (χ1n) is 6.06. The quantitative estimate of drug-likeness (QED) is 0.687. The molecule has 2 heteroatoms. The van der Waals surface area contributed by atoms with Crippen molar-refractivity contribution in [3.8, 4) is 0 Å². The zero-order valence-electron chi connectivity index (χ0n) is 9.63. The molecule has 0 N–H and O–H groups in total. The lowest BCUT2D eigenvalue weighted by Crippen LogP contribution is -2.20. The Morgan fingerprint density at radius 1 is 1.38 bits per heavy atom. The van der Waals surface area contributed by atoms with Gasteiger partial charge in [-0.25, -0.2) is 4.39 Å². The SMILES string of the molecule is CC1CCCC1C(Cl)Cc1ccccc1F. The molecule has 0 spiro atoms. The van der Waals surface area contributed by atoms with Crippen LogP contribution < -0.4 is 0 Å². The van der Waals surface area contributed by atoms with E-state index < -0.39 is 0 Å². The summed E-state index contributed by atoms with van der Waals surface area (Å²) in [6.07, 6.45) is 4.39. The third-order valence-corrected chi connectivity index (χ3v) is 4.24. The maximum absolute atomic E-state index is 13.5. The second kappa shape index (κ2) is 5.18. The monoisotopic (exact) mass is 240 g/mol. The fourth-order valence-electron chi connectivity index (χ4n) is 2.74. The Kier molecular flexibility index (Phi) is 3.86.